The van der Waals surface area contributed by atoms with Gasteiger partial charge in [0.2, 0.25) is 0 Å². The predicted molar refractivity (Wildman–Crippen MR) is 64.5 cm³/mol. The van der Waals surface area contributed by atoms with Gasteiger partial charge >= 0.3 is 0 Å². The first kappa shape index (κ1) is 10.9. The Kier molecular flexibility index (Phi) is 3.41. The molecule has 0 unspecified atom stereocenters. The third-order valence-electron chi connectivity index (χ3n) is 2.12. The van der Waals surface area contributed by atoms with Gasteiger partial charge in [0.25, 0.3) is 0 Å². The standard InChI is InChI=1S/C12H16OSi/c1-14(2,3)12-9-5-4-7-11(12)8-6-10-13/h4-10H,1-3H3. The van der Waals surface area contributed by atoms with Gasteiger partial charge in [0, 0.05) is 0 Å². The van der Waals surface area contributed by atoms with Crippen molar-refractivity contribution in [3.8, 4) is 0 Å². The van der Waals surface area contributed by atoms with Crippen LogP contribution in [0.25, 0.3) is 6.08 Å². The smallest absolute Gasteiger partial charge is 0.142 e. The van der Waals surface area contributed by atoms with E-state index in [4.69, 9.17) is 0 Å². The van der Waals surface area contributed by atoms with Crippen LogP contribution in [0.15, 0.2) is 30.3 Å². The molecule has 0 N–H and O–H groups in total. The molecule has 0 aliphatic heterocycles. The van der Waals surface area contributed by atoms with Crippen molar-refractivity contribution in [2.75, 3.05) is 0 Å². The summed E-state index contributed by atoms with van der Waals surface area (Å²) in [5, 5.41) is 1.40. The minimum absolute atomic E-state index is 0.820. The van der Waals surface area contributed by atoms with Crippen LogP contribution < -0.4 is 5.19 Å². The fourth-order valence-electron chi connectivity index (χ4n) is 1.47. The molecule has 1 aromatic carbocycles. The lowest BCUT2D eigenvalue weighted by atomic mass is 10.2. The zero-order valence-corrected chi connectivity index (χ0v) is 9.95. The molecule has 1 rings (SSSR count). The van der Waals surface area contributed by atoms with Gasteiger partial charge in [-0.25, -0.2) is 0 Å². The van der Waals surface area contributed by atoms with Crippen molar-refractivity contribution >= 4 is 25.6 Å². The van der Waals surface area contributed by atoms with E-state index in [0.717, 1.165) is 6.29 Å². The van der Waals surface area contributed by atoms with Crippen molar-refractivity contribution in [2.24, 2.45) is 0 Å². The summed E-state index contributed by atoms with van der Waals surface area (Å²) in [5.74, 6) is 0. The Morgan fingerprint density at radius 2 is 1.79 bits per heavy atom. The minimum Gasteiger partial charge on any atom is -0.299 e. The molecule has 2 heteroatoms. The number of allylic oxidation sites excluding steroid dienone is 1. The average molecular weight is 204 g/mol. The van der Waals surface area contributed by atoms with Crippen LogP contribution in [0.2, 0.25) is 19.6 Å². The monoisotopic (exact) mass is 204 g/mol. The molecule has 0 aliphatic carbocycles. The Hall–Kier alpha value is -1.15. The summed E-state index contributed by atoms with van der Waals surface area (Å²) in [5.41, 5.74) is 1.18. The first-order chi connectivity index (χ1) is 6.55. The third kappa shape index (κ3) is 2.67. The molecule has 0 saturated heterocycles. The maximum absolute atomic E-state index is 10.3. The Bertz CT molecular complexity index is 348. The van der Waals surface area contributed by atoms with Gasteiger partial charge in [-0.05, 0) is 11.6 Å². The largest absolute Gasteiger partial charge is 0.299 e. The fraction of sp³-hybridized carbons (Fsp3) is 0.250. The van der Waals surface area contributed by atoms with Gasteiger partial charge < -0.3 is 0 Å². The van der Waals surface area contributed by atoms with Gasteiger partial charge in [-0.2, -0.15) is 0 Å². The van der Waals surface area contributed by atoms with Crippen molar-refractivity contribution in [3.63, 3.8) is 0 Å². The van der Waals surface area contributed by atoms with Crippen LogP contribution in [-0.4, -0.2) is 14.4 Å². The van der Waals surface area contributed by atoms with Gasteiger partial charge in [0.1, 0.15) is 6.29 Å². The van der Waals surface area contributed by atoms with Gasteiger partial charge in [0.05, 0.1) is 8.07 Å². The Morgan fingerprint density at radius 1 is 1.14 bits per heavy atom. The first-order valence-corrected chi connectivity index (χ1v) is 8.27. The fourth-order valence-corrected chi connectivity index (χ4v) is 3.10. The molecule has 0 fully saturated rings. The van der Waals surface area contributed by atoms with E-state index in [-0.39, 0.29) is 0 Å². The van der Waals surface area contributed by atoms with Crippen LogP contribution in [0.5, 0.6) is 0 Å². The topological polar surface area (TPSA) is 17.1 Å². The Morgan fingerprint density at radius 3 is 2.36 bits per heavy atom. The molecule has 0 radical (unpaired) electrons. The Labute approximate surface area is 86.5 Å². The number of aldehydes is 1. The van der Waals surface area contributed by atoms with Gasteiger partial charge in [-0.15, -0.1) is 0 Å². The van der Waals surface area contributed by atoms with Crippen LogP contribution >= 0.6 is 0 Å². The number of carbonyl (C=O) groups is 1. The lowest BCUT2D eigenvalue weighted by Gasteiger charge is -2.19. The number of rotatable bonds is 3. The zero-order chi connectivity index (χ0) is 10.6. The van der Waals surface area contributed by atoms with Gasteiger partial charge in [0.15, 0.2) is 0 Å². The summed E-state index contributed by atoms with van der Waals surface area (Å²) in [7, 11) is -1.30. The second-order valence-electron chi connectivity index (χ2n) is 4.33. The normalized spacial score (nSPS) is 11.9. The lowest BCUT2D eigenvalue weighted by molar-refractivity contribution is -0.104. The molecule has 1 aromatic rings. The second kappa shape index (κ2) is 4.38. The first-order valence-electron chi connectivity index (χ1n) is 4.77. The highest BCUT2D eigenvalue weighted by Crippen LogP contribution is 2.08. The van der Waals surface area contributed by atoms with Crippen LogP contribution in [0.3, 0.4) is 0 Å². The molecule has 14 heavy (non-hydrogen) atoms. The van der Waals surface area contributed by atoms with E-state index in [0.29, 0.717) is 0 Å². The lowest BCUT2D eigenvalue weighted by Crippen LogP contribution is -2.39. The van der Waals surface area contributed by atoms with Crippen molar-refractivity contribution in [1.82, 2.24) is 0 Å². The van der Waals surface area contributed by atoms with Gasteiger partial charge in [-0.1, -0.05) is 55.2 Å². The third-order valence-corrected chi connectivity index (χ3v) is 4.19. The molecule has 0 atom stereocenters. The summed E-state index contributed by atoms with van der Waals surface area (Å²) in [6, 6.07) is 8.30. The van der Waals surface area contributed by atoms with E-state index in [1.165, 1.54) is 10.8 Å². The molecule has 74 valence electrons. The highest BCUT2D eigenvalue weighted by atomic mass is 28.3. The number of hydrogen-bond acceptors (Lipinski definition) is 1. The highest BCUT2D eigenvalue weighted by Gasteiger charge is 2.18. The van der Waals surface area contributed by atoms with Crippen LogP contribution in [0, 0.1) is 0 Å². The van der Waals surface area contributed by atoms with E-state index in [1.54, 1.807) is 6.08 Å². The Balaban J connectivity index is 3.16. The van der Waals surface area contributed by atoms with Crippen LogP contribution in [0.1, 0.15) is 5.56 Å². The van der Waals surface area contributed by atoms with Crippen molar-refractivity contribution < 1.29 is 4.79 Å². The average Bonchev–Trinajstić information content (AvgIpc) is 2.14. The van der Waals surface area contributed by atoms with Crippen LogP contribution in [0.4, 0.5) is 0 Å². The maximum atomic E-state index is 10.3. The summed E-state index contributed by atoms with van der Waals surface area (Å²) < 4.78 is 0. The van der Waals surface area contributed by atoms with Gasteiger partial charge in [-0.3, -0.25) is 4.79 Å². The van der Waals surface area contributed by atoms with E-state index >= 15 is 0 Å². The van der Waals surface area contributed by atoms with Crippen LogP contribution in [-0.2, 0) is 4.79 Å². The maximum Gasteiger partial charge on any atom is 0.142 e. The zero-order valence-electron chi connectivity index (χ0n) is 8.95. The predicted octanol–water partition coefficient (Wildman–Crippen LogP) is 2.44. The summed E-state index contributed by atoms with van der Waals surface area (Å²) >= 11 is 0. The molecule has 0 bridgehead atoms. The molecule has 0 spiro atoms. The van der Waals surface area contributed by atoms with Crippen molar-refractivity contribution in [3.05, 3.63) is 35.9 Å². The molecule has 0 aromatic heterocycles. The van der Waals surface area contributed by atoms with Crippen molar-refractivity contribution in [2.45, 2.75) is 19.6 Å². The quantitative estimate of drug-likeness (QED) is 0.420. The molecule has 0 saturated carbocycles. The van der Waals surface area contributed by atoms with E-state index in [9.17, 15) is 4.79 Å². The second-order valence-corrected chi connectivity index (χ2v) is 9.37. The molecule has 0 heterocycles. The number of carbonyl (C=O) groups excluding carboxylic acids is 1. The molecule has 0 aliphatic rings. The molecular weight excluding hydrogens is 188 g/mol. The van der Waals surface area contributed by atoms with E-state index < -0.39 is 8.07 Å². The summed E-state index contributed by atoms with van der Waals surface area (Å²) in [6.07, 6.45) is 4.26. The summed E-state index contributed by atoms with van der Waals surface area (Å²) in [4.78, 5) is 10.3. The number of hydrogen-bond donors (Lipinski definition) is 0. The van der Waals surface area contributed by atoms with Crippen molar-refractivity contribution in [1.29, 1.82) is 0 Å². The molecule has 1 nitrogen and oxygen atoms in total. The SMILES string of the molecule is C[Si](C)(C)c1ccccc1C=CC=O. The van der Waals surface area contributed by atoms with E-state index in [1.807, 2.05) is 12.1 Å². The summed E-state index contributed by atoms with van der Waals surface area (Å²) in [6.45, 7) is 6.92. The number of benzene rings is 1. The molecular formula is C12H16OSi. The highest BCUT2D eigenvalue weighted by molar-refractivity contribution is 6.89. The minimum atomic E-state index is -1.30. The molecule has 0 amide bonds. The van der Waals surface area contributed by atoms with E-state index in [2.05, 4.69) is 37.8 Å².